The van der Waals surface area contributed by atoms with Gasteiger partial charge in [-0.15, -0.1) is 0 Å². The van der Waals surface area contributed by atoms with Crippen LogP contribution in [-0.4, -0.2) is 128 Å². The minimum absolute atomic E-state index is 0.00401. The molecule has 3 heterocycles. The third-order valence-electron chi connectivity index (χ3n) is 8.41. The number of aliphatic hydroxyl groups is 7. The first-order chi connectivity index (χ1) is 21.4. The fourth-order valence-electron chi connectivity index (χ4n) is 5.68. The van der Waals surface area contributed by atoms with Gasteiger partial charge in [0.1, 0.15) is 83.5 Å². The van der Waals surface area contributed by atoms with Gasteiger partial charge in [-0.05, 0) is 31.5 Å². The molecule has 45 heavy (non-hydrogen) atoms. The van der Waals surface area contributed by atoms with Crippen molar-refractivity contribution in [2.75, 3.05) is 20.3 Å². The number of phenolic OH excluding ortho intramolecular Hbond substituents is 1. The van der Waals surface area contributed by atoms with E-state index in [1.165, 1.54) is 14.0 Å². The molecule has 2 saturated heterocycles. The van der Waals surface area contributed by atoms with Crippen LogP contribution in [0.2, 0.25) is 0 Å². The molecule has 2 aromatic rings. The van der Waals surface area contributed by atoms with Crippen LogP contribution < -0.4 is 14.2 Å². The lowest BCUT2D eigenvalue weighted by Crippen LogP contribution is -2.62. The maximum Gasteiger partial charge on any atom is 0.229 e. The Morgan fingerprint density at radius 2 is 1.42 bits per heavy atom. The maximum atomic E-state index is 13.2. The first-order valence-electron chi connectivity index (χ1n) is 14.4. The SMILES string of the molecule is COc1ccc([C@@H]2CC(=O)c3c(O)c(C)c(O[C@H]4O[C@H](CO[C@H]5O[C@H](CO)[C@@H](O)[C@H](O)[C@H]5O)[C@@H](O)[C@H](O)[C@H]4O)c(C)c3O2)cc1. The van der Waals surface area contributed by atoms with Gasteiger partial charge in [0.25, 0.3) is 0 Å². The number of aromatic hydroxyl groups is 1. The number of ketones is 1. The summed E-state index contributed by atoms with van der Waals surface area (Å²) in [6, 6.07) is 6.97. The van der Waals surface area contributed by atoms with Crippen LogP contribution in [0, 0.1) is 13.8 Å². The van der Waals surface area contributed by atoms with Crippen molar-refractivity contribution in [3.05, 3.63) is 46.5 Å². The van der Waals surface area contributed by atoms with Gasteiger partial charge in [-0.25, -0.2) is 0 Å². The third-order valence-corrected chi connectivity index (χ3v) is 8.41. The van der Waals surface area contributed by atoms with Crippen molar-refractivity contribution >= 4 is 5.78 Å². The number of methoxy groups -OCH3 is 1. The van der Waals surface area contributed by atoms with E-state index in [4.69, 9.17) is 28.4 Å². The number of hydrogen-bond acceptors (Lipinski definition) is 15. The van der Waals surface area contributed by atoms with Crippen LogP contribution in [0.25, 0.3) is 0 Å². The van der Waals surface area contributed by atoms with Crippen LogP contribution in [0.3, 0.4) is 0 Å². The van der Waals surface area contributed by atoms with E-state index in [-0.39, 0.29) is 34.8 Å². The first-order valence-corrected chi connectivity index (χ1v) is 14.4. The molecule has 3 aliphatic heterocycles. The van der Waals surface area contributed by atoms with Crippen LogP contribution >= 0.6 is 0 Å². The van der Waals surface area contributed by atoms with Crippen LogP contribution in [0.4, 0.5) is 0 Å². The van der Waals surface area contributed by atoms with Crippen molar-refractivity contribution in [1.29, 1.82) is 0 Å². The number of carbonyl (C=O) groups excluding carboxylic acids is 1. The van der Waals surface area contributed by atoms with E-state index >= 15 is 0 Å². The number of aliphatic hydroxyl groups excluding tert-OH is 7. The summed E-state index contributed by atoms with van der Waals surface area (Å²) < 4.78 is 33.8. The largest absolute Gasteiger partial charge is 0.507 e. The molecule has 2 aromatic carbocycles. The maximum absolute atomic E-state index is 13.2. The van der Waals surface area contributed by atoms with Crippen molar-refractivity contribution in [3.8, 4) is 23.0 Å². The van der Waals surface area contributed by atoms with Crippen LogP contribution in [0.1, 0.15) is 39.6 Å². The predicted octanol–water partition coefficient (Wildman–Crippen LogP) is -1.27. The molecule has 11 atom stereocenters. The number of carbonyl (C=O) groups is 1. The van der Waals surface area contributed by atoms with E-state index in [0.29, 0.717) is 16.9 Å². The van der Waals surface area contributed by atoms with Gasteiger partial charge in [0.15, 0.2) is 12.1 Å². The highest BCUT2D eigenvalue weighted by Crippen LogP contribution is 2.48. The van der Waals surface area contributed by atoms with E-state index < -0.39 is 86.5 Å². The normalized spacial score (nSPS) is 35.0. The zero-order valence-corrected chi connectivity index (χ0v) is 24.7. The molecule has 15 heteroatoms. The number of hydrogen-bond donors (Lipinski definition) is 8. The predicted molar refractivity (Wildman–Crippen MR) is 150 cm³/mol. The number of rotatable bonds is 8. The Morgan fingerprint density at radius 3 is 2.04 bits per heavy atom. The van der Waals surface area contributed by atoms with Gasteiger partial charge >= 0.3 is 0 Å². The molecule has 3 aliphatic rings. The van der Waals surface area contributed by atoms with Crippen LogP contribution in [0.5, 0.6) is 23.0 Å². The number of Topliss-reactive ketones (excluding diaryl/α,β-unsaturated/α-hetero) is 1. The van der Waals surface area contributed by atoms with Crippen LogP contribution in [-0.2, 0) is 14.2 Å². The number of fused-ring (bicyclic) bond motifs is 1. The summed E-state index contributed by atoms with van der Waals surface area (Å²) in [5.41, 5.74) is 1.12. The van der Waals surface area contributed by atoms with E-state index in [0.717, 1.165) is 0 Å². The molecule has 0 bridgehead atoms. The summed E-state index contributed by atoms with van der Waals surface area (Å²) >= 11 is 0. The van der Waals surface area contributed by atoms with Gasteiger partial charge in [-0.3, -0.25) is 4.79 Å². The third kappa shape index (κ3) is 6.20. The number of ether oxygens (including phenoxy) is 6. The second kappa shape index (κ2) is 13.3. The average molecular weight is 639 g/mol. The standard InChI is InChI=1S/C30H38O15/c1-11-20(33)19-15(32)8-16(13-4-6-14(40-3)7-5-13)42-28(19)12(2)27(11)45-30-26(39)24(37)22(35)18(44-30)10-41-29-25(38)23(36)21(34)17(9-31)43-29/h4-7,16-18,21-26,29-31,33-39H,8-10H2,1-3H3/t16-,17+,18+,21+,22+,23-,24-,25+,26+,29-,30+/m0/s1. The van der Waals surface area contributed by atoms with Gasteiger partial charge in [0.2, 0.25) is 6.29 Å². The van der Waals surface area contributed by atoms with E-state index in [1.807, 2.05) is 0 Å². The Morgan fingerprint density at radius 1 is 0.822 bits per heavy atom. The summed E-state index contributed by atoms with van der Waals surface area (Å²) in [6.07, 6.45) is -16.8. The summed E-state index contributed by atoms with van der Waals surface area (Å²) in [5, 5.41) is 82.6. The Labute approximate surface area is 257 Å². The Kier molecular flexibility index (Phi) is 9.86. The molecule has 248 valence electrons. The van der Waals surface area contributed by atoms with Crippen molar-refractivity contribution in [2.45, 2.75) is 87.8 Å². The topological polar surface area (TPSA) is 234 Å². The van der Waals surface area contributed by atoms with Gasteiger partial charge in [0, 0.05) is 11.1 Å². The molecule has 5 rings (SSSR count). The number of phenols is 1. The molecule has 0 saturated carbocycles. The van der Waals surface area contributed by atoms with Gasteiger partial charge in [-0.1, -0.05) is 12.1 Å². The fourth-order valence-corrected chi connectivity index (χ4v) is 5.68. The minimum atomic E-state index is -1.80. The summed E-state index contributed by atoms with van der Waals surface area (Å²) in [7, 11) is 1.53. The van der Waals surface area contributed by atoms with Crippen molar-refractivity contribution in [3.63, 3.8) is 0 Å². The number of benzene rings is 2. The first kappa shape index (κ1) is 33.3. The molecule has 15 nitrogen and oxygen atoms in total. The smallest absolute Gasteiger partial charge is 0.229 e. The molecule has 0 radical (unpaired) electrons. The molecule has 0 unspecified atom stereocenters. The molecule has 8 N–H and O–H groups in total. The second-order valence-electron chi connectivity index (χ2n) is 11.3. The Balaban J connectivity index is 1.36. The molecule has 0 amide bonds. The van der Waals surface area contributed by atoms with Gasteiger partial charge < -0.3 is 69.3 Å². The van der Waals surface area contributed by atoms with E-state index in [9.17, 15) is 45.6 Å². The molecule has 2 fully saturated rings. The zero-order chi connectivity index (χ0) is 32.7. The summed E-state index contributed by atoms with van der Waals surface area (Å²) in [5.74, 6) is -0.0618. The highest BCUT2D eigenvalue weighted by atomic mass is 16.7. The quantitative estimate of drug-likeness (QED) is 0.168. The van der Waals surface area contributed by atoms with Gasteiger partial charge in [0.05, 0.1) is 26.7 Å². The fraction of sp³-hybridized carbons (Fsp3) is 0.567. The zero-order valence-electron chi connectivity index (χ0n) is 24.7. The molecule has 0 spiro atoms. The highest BCUT2D eigenvalue weighted by molar-refractivity contribution is 6.03. The Hall–Kier alpha value is -3.09. The minimum Gasteiger partial charge on any atom is -0.507 e. The van der Waals surface area contributed by atoms with Crippen molar-refractivity contribution < 1.29 is 74.1 Å². The lowest BCUT2D eigenvalue weighted by molar-refractivity contribution is -0.323. The lowest BCUT2D eigenvalue weighted by Gasteiger charge is -2.42. The Bertz CT molecular complexity index is 1360. The van der Waals surface area contributed by atoms with Crippen molar-refractivity contribution in [1.82, 2.24) is 0 Å². The van der Waals surface area contributed by atoms with Gasteiger partial charge in [-0.2, -0.15) is 0 Å². The van der Waals surface area contributed by atoms with Crippen molar-refractivity contribution in [2.24, 2.45) is 0 Å². The highest BCUT2D eigenvalue weighted by Gasteiger charge is 2.48. The second-order valence-corrected chi connectivity index (χ2v) is 11.3. The van der Waals surface area contributed by atoms with E-state index in [2.05, 4.69) is 0 Å². The molecular weight excluding hydrogens is 600 g/mol. The lowest BCUT2D eigenvalue weighted by atomic mass is 9.91. The van der Waals surface area contributed by atoms with E-state index in [1.54, 1.807) is 31.2 Å². The summed E-state index contributed by atoms with van der Waals surface area (Å²) in [4.78, 5) is 13.2. The van der Waals surface area contributed by atoms with Crippen LogP contribution in [0.15, 0.2) is 24.3 Å². The summed E-state index contributed by atoms with van der Waals surface area (Å²) in [6.45, 7) is 1.84. The molecular formula is C30H38O15. The molecule has 0 aromatic heterocycles. The molecule has 0 aliphatic carbocycles. The average Bonchev–Trinajstić information content (AvgIpc) is 3.04. The monoisotopic (exact) mass is 638 g/mol.